The number of hydrogen-bond donors (Lipinski definition) is 2. The number of nitrogens with zero attached hydrogens (tertiary/aromatic N) is 3. The van der Waals surface area contributed by atoms with Crippen molar-refractivity contribution in [2.24, 2.45) is 0 Å². The zero-order chi connectivity index (χ0) is 19.7. The maximum atomic E-state index is 12.7. The number of aromatic amines is 1. The van der Waals surface area contributed by atoms with Crippen molar-refractivity contribution in [3.05, 3.63) is 41.7 Å². The molecule has 1 aliphatic rings. The topological polar surface area (TPSA) is 74.7 Å². The van der Waals surface area contributed by atoms with Crippen molar-refractivity contribution in [3.63, 3.8) is 0 Å². The Morgan fingerprint density at radius 2 is 2.14 bits per heavy atom. The van der Waals surface area contributed by atoms with Crippen LogP contribution in [0.3, 0.4) is 0 Å². The van der Waals surface area contributed by atoms with Gasteiger partial charge in [-0.2, -0.15) is 5.10 Å². The van der Waals surface area contributed by atoms with Crippen molar-refractivity contribution in [2.75, 3.05) is 31.6 Å². The zero-order valence-corrected chi connectivity index (χ0v) is 16.7. The molecular formula is C21H27N5O2. The molecule has 7 nitrogen and oxygen atoms in total. The van der Waals surface area contributed by atoms with E-state index in [0.717, 1.165) is 54.1 Å². The van der Waals surface area contributed by atoms with Gasteiger partial charge >= 0.3 is 5.97 Å². The lowest BCUT2D eigenvalue weighted by atomic mass is 10.0. The van der Waals surface area contributed by atoms with Crippen molar-refractivity contribution in [3.8, 4) is 11.3 Å². The second-order valence-corrected chi connectivity index (χ2v) is 7.27. The fourth-order valence-electron chi connectivity index (χ4n) is 4.18. The number of aromatic nitrogens is 3. The lowest BCUT2D eigenvalue weighted by molar-refractivity contribution is 0.0525. The van der Waals surface area contributed by atoms with Gasteiger partial charge in [-0.15, -0.1) is 0 Å². The number of esters is 1. The Hall–Kier alpha value is -2.80. The van der Waals surface area contributed by atoms with Gasteiger partial charge in [0.15, 0.2) is 0 Å². The standard InChI is InChI=1S/C21H27N5O2/c1-4-28-21(27)17-13-19-16(18-7-11-23-24-18)8-12-26(19)20(14(17)2)25(3)15-5-9-22-10-6-15/h7-8,11-13,15,22H,4-6,9-10H2,1-3H3,(H,23,24). The Balaban J connectivity index is 1.90. The van der Waals surface area contributed by atoms with E-state index < -0.39 is 0 Å². The summed E-state index contributed by atoms with van der Waals surface area (Å²) in [5, 5.41) is 10.5. The Morgan fingerprint density at radius 3 is 2.82 bits per heavy atom. The second-order valence-electron chi connectivity index (χ2n) is 7.27. The number of hydrogen-bond acceptors (Lipinski definition) is 5. The average Bonchev–Trinajstić information content (AvgIpc) is 3.37. The van der Waals surface area contributed by atoms with Gasteiger partial charge < -0.3 is 19.4 Å². The molecule has 0 radical (unpaired) electrons. The Labute approximate surface area is 164 Å². The molecule has 0 bridgehead atoms. The molecular weight excluding hydrogens is 354 g/mol. The van der Waals surface area contributed by atoms with Crippen molar-refractivity contribution in [2.45, 2.75) is 32.7 Å². The number of nitrogens with one attached hydrogen (secondary N) is 2. The summed E-state index contributed by atoms with van der Waals surface area (Å²) in [6.45, 7) is 6.23. The predicted molar refractivity (Wildman–Crippen MR) is 110 cm³/mol. The SMILES string of the molecule is CCOC(=O)c1cc2c(-c3ccn[nH]3)ccn2c(N(C)C2CCNCC2)c1C. The molecule has 3 aromatic heterocycles. The van der Waals surface area contributed by atoms with Crippen molar-refractivity contribution >= 4 is 17.3 Å². The summed E-state index contributed by atoms with van der Waals surface area (Å²) in [5.41, 5.74) is 4.47. The molecule has 7 heteroatoms. The van der Waals surface area contributed by atoms with Crippen LogP contribution in [-0.4, -0.2) is 53.4 Å². The molecule has 4 rings (SSSR count). The maximum Gasteiger partial charge on any atom is 0.338 e. The minimum atomic E-state index is -0.278. The molecule has 0 atom stereocenters. The first-order valence-electron chi connectivity index (χ1n) is 9.87. The Bertz CT molecular complexity index is 971. The summed E-state index contributed by atoms with van der Waals surface area (Å²) in [6.07, 6.45) is 5.97. The number of anilines is 1. The lowest BCUT2D eigenvalue weighted by Gasteiger charge is -2.35. The molecule has 0 amide bonds. The van der Waals surface area contributed by atoms with Crippen LogP contribution in [0.5, 0.6) is 0 Å². The molecule has 0 spiro atoms. The molecule has 0 aliphatic carbocycles. The largest absolute Gasteiger partial charge is 0.462 e. The Morgan fingerprint density at radius 1 is 1.36 bits per heavy atom. The summed E-state index contributed by atoms with van der Waals surface area (Å²) >= 11 is 0. The number of ether oxygens (including phenoxy) is 1. The number of carbonyl (C=O) groups is 1. The minimum absolute atomic E-state index is 0.278. The minimum Gasteiger partial charge on any atom is -0.462 e. The highest BCUT2D eigenvalue weighted by Gasteiger charge is 2.25. The van der Waals surface area contributed by atoms with Crippen LogP contribution in [0, 0.1) is 6.92 Å². The van der Waals surface area contributed by atoms with Gasteiger partial charge in [0.25, 0.3) is 0 Å². The van der Waals surface area contributed by atoms with Crippen LogP contribution in [0.4, 0.5) is 5.82 Å². The van der Waals surface area contributed by atoms with Crippen molar-refractivity contribution in [1.82, 2.24) is 19.9 Å². The first-order valence-corrected chi connectivity index (χ1v) is 9.87. The third kappa shape index (κ3) is 3.16. The van der Waals surface area contributed by atoms with Crippen LogP contribution >= 0.6 is 0 Å². The number of rotatable bonds is 5. The van der Waals surface area contributed by atoms with Crippen LogP contribution in [0.1, 0.15) is 35.7 Å². The van der Waals surface area contributed by atoms with Gasteiger partial charge in [0.1, 0.15) is 5.82 Å². The lowest BCUT2D eigenvalue weighted by Crippen LogP contribution is -2.42. The molecule has 1 saturated heterocycles. The van der Waals surface area contributed by atoms with E-state index in [1.54, 1.807) is 6.20 Å². The highest BCUT2D eigenvalue weighted by Crippen LogP contribution is 2.34. The van der Waals surface area contributed by atoms with Gasteiger partial charge in [-0.1, -0.05) is 0 Å². The van der Waals surface area contributed by atoms with Crippen LogP contribution in [-0.2, 0) is 4.74 Å². The van der Waals surface area contributed by atoms with E-state index in [4.69, 9.17) is 4.74 Å². The summed E-state index contributed by atoms with van der Waals surface area (Å²) in [6, 6.07) is 6.37. The molecule has 1 fully saturated rings. The van der Waals surface area contributed by atoms with Gasteiger partial charge in [0, 0.05) is 36.6 Å². The number of carbonyl (C=O) groups excluding carboxylic acids is 1. The molecule has 0 saturated carbocycles. The average molecular weight is 381 g/mol. The highest BCUT2D eigenvalue weighted by atomic mass is 16.5. The van der Waals surface area contributed by atoms with Gasteiger partial charge in [-0.25, -0.2) is 4.79 Å². The van der Waals surface area contributed by atoms with E-state index in [2.05, 4.69) is 44.1 Å². The first-order chi connectivity index (χ1) is 13.6. The van der Waals surface area contributed by atoms with Gasteiger partial charge in [-0.3, -0.25) is 5.10 Å². The molecule has 2 N–H and O–H groups in total. The van der Waals surface area contributed by atoms with Gasteiger partial charge in [-0.05, 0) is 58.0 Å². The smallest absolute Gasteiger partial charge is 0.338 e. The predicted octanol–water partition coefficient (Wildman–Crippen LogP) is 3.00. The van der Waals surface area contributed by atoms with Gasteiger partial charge in [0.05, 0.1) is 23.4 Å². The van der Waals surface area contributed by atoms with Crippen molar-refractivity contribution in [1.29, 1.82) is 0 Å². The summed E-state index contributed by atoms with van der Waals surface area (Å²) < 4.78 is 7.53. The number of H-pyrrole nitrogens is 1. The van der Waals surface area contributed by atoms with Crippen molar-refractivity contribution < 1.29 is 9.53 Å². The normalized spacial score (nSPS) is 15.1. The van der Waals surface area contributed by atoms with Crippen LogP contribution in [0.2, 0.25) is 0 Å². The monoisotopic (exact) mass is 381 g/mol. The number of piperidine rings is 1. The summed E-state index contributed by atoms with van der Waals surface area (Å²) in [4.78, 5) is 15.0. The summed E-state index contributed by atoms with van der Waals surface area (Å²) in [7, 11) is 2.13. The van der Waals surface area contributed by atoms with E-state index in [0.29, 0.717) is 18.2 Å². The highest BCUT2D eigenvalue weighted by molar-refractivity contribution is 5.96. The van der Waals surface area contributed by atoms with Gasteiger partial charge in [0.2, 0.25) is 0 Å². The zero-order valence-electron chi connectivity index (χ0n) is 16.7. The van der Waals surface area contributed by atoms with E-state index in [1.165, 1.54) is 0 Å². The Kier molecular flexibility index (Phi) is 5.09. The van der Waals surface area contributed by atoms with Crippen LogP contribution in [0.25, 0.3) is 16.8 Å². The molecule has 0 aromatic carbocycles. The number of pyridine rings is 1. The molecule has 0 unspecified atom stereocenters. The van der Waals surface area contributed by atoms with E-state index >= 15 is 0 Å². The second kappa shape index (κ2) is 7.67. The summed E-state index contributed by atoms with van der Waals surface area (Å²) in [5.74, 6) is 0.762. The van der Waals surface area contributed by atoms with E-state index in [1.807, 2.05) is 26.0 Å². The first kappa shape index (κ1) is 18.6. The molecule has 1 aliphatic heterocycles. The maximum absolute atomic E-state index is 12.7. The van der Waals surface area contributed by atoms with E-state index in [-0.39, 0.29) is 5.97 Å². The van der Waals surface area contributed by atoms with Crippen LogP contribution < -0.4 is 10.2 Å². The number of fused-ring (bicyclic) bond motifs is 1. The van der Waals surface area contributed by atoms with E-state index in [9.17, 15) is 4.79 Å². The molecule has 28 heavy (non-hydrogen) atoms. The quantitative estimate of drug-likeness (QED) is 0.665. The molecule has 148 valence electrons. The molecule has 3 aromatic rings. The molecule has 4 heterocycles. The van der Waals surface area contributed by atoms with Crippen LogP contribution in [0.15, 0.2) is 30.6 Å². The fourth-order valence-corrected chi connectivity index (χ4v) is 4.18. The third-order valence-corrected chi connectivity index (χ3v) is 5.65. The fraction of sp³-hybridized carbons (Fsp3) is 0.429. The third-order valence-electron chi connectivity index (χ3n) is 5.65.